The minimum atomic E-state index is -1.29. The number of nitrogens with two attached hydrogens (primary N) is 1. The molecular formula is C30H34N6O4. The number of anilines is 1. The first-order valence-corrected chi connectivity index (χ1v) is 13.7. The summed E-state index contributed by atoms with van der Waals surface area (Å²) in [4.78, 5) is 49.3. The maximum absolute atomic E-state index is 14.1. The van der Waals surface area contributed by atoms with E-state index in [2.05, 4.69) is 20.6 Å². The molecule has 10 nitrogen and oxygen atoms in total. The monoisotopic (exact) mass is 542 g/mol. The van der Waals surface area contributed by atoms with Crippen LogP contribution in [0.1, 0.15) is 47.6 Å². The Labute approximate surface area is 233 Å². The number of fused-ring (bicyclic) bond motifs is 1. The smallest absolute Gasteiger partial charge is 0.405 e. The SMILES string of the molecule is Nc1ncc2c(n1)CCC(CNC(=O)[C@@H]1CCCN1C(=O)[C@H](NC(=O)O)C(c1ccccc1)c1ccccc1)C2. The van der Waals surface area contributed by atoms with Gasteiger partial charge in [0.15, 0.2) is 0 Å². The van der Waals surface area contributed by atoms with Crippen molar-refractivity contribution in [2.75, 3.05) is 18.8 Å². The van der Waals surface area contributed by atoms with E-state index in [1.54, 1.807) is 11.1 Å². The molecule has 0 saturated carbocycles. The molecule has 0 radical (unpaired) electrons. The molecule has 10 heteroatoms. The molecule has 5 N–H and O–H groups in total. The lowest BCUT2D eigenvalue weighted by Crippen LogP contribution is -2.55. The molecule has 1 aliphatic carbocycles. The number of nitrogen functional groups attached to an aromatic ring is 1. The summed E-state index contributed by atoms with van der Waals surface area (Å²) in [7, 11) is 0. The summed E-state index contributed by atoms with van der Waals surface area (Å²) < 4.78 is 0. The number of carbonyl (C=O) groups is 3. The van der Waals surface area contributed by atoms with E-state index in [1.807, 2.05) is 60.7 Å². The second kappa shape index (κ2) is 12.1. The van der Waals surface area contributed by atoms with Crippen LogP contribution in [0.4, 0.5) is 10.7 Å². The van der Waals surface area contributed by atoms with Crippen LogP contribution in [0.25, 0.3) is 0 Å². The highest BCUT2D eigenvalue weighted by atomic mass is 16.4. The molecule has 3 atom stereocenters. The number of hydrogen-bond acceptors (Lipinski definition) is 6. The molecule has 1 aromatic heterocycles. The molecule has 3 aromatic rings. The van der Waals surface area contributed by atoms with Crippen LogP contribution in [0.3, 0.4) is 0 Å². The van der Waals surface area contributed by atoms with Gasteiger partial charge >= 0.3 is 6.09 Å². The number of aryl methyl sites for hydroxylation is 1. The summed E-state index contributed by atoms with van der Waals surface area (Å²) in [5.41, 5.74) is 9.34. The van der Waals surface area contributed by atoms with Gasteiger partial charge in [-0.3, -0.25) is 9.59 Å². The highest BCUT2D eigenvalue weighted by molar-refractivity contribution is 5.92. The zero-order valence-electron chi connectivity index (χ0n) is 22.2. The summed E-state index contributed by atoms with van der Waals surface area (Å²) in [5, 5.41) is 15.3. The van der Waals surface area contributed by atoms with Crippen molar-refractivity contribution in [3.05, 3.63) is 89.2 Å². The van der Waals surface area contributed by atoms with Gasteiger partial charge in [0.2, 0.25) is 17.8 Å². The van der Waals surface area contributed by atoms with E-state index < -0.39 is 30.0 Å². The van der Waals surface area contributed by atoms with Crippen LogP contribution in [-0.2, 0) is 22.4 Å². The Morgan fingerprint density at radius 2 is 1.70 bits per heavy atom. The van der Waals surface area contributed by atoms with Gasteiger partial charge in [0, 0.05) is 30.9 Å². The number of carboxylic acid groups (broad SMARTS) is 1. The van der Waals surface area contributed by atoms with Crippen LogP contribution in [0.2, 0.25) is 0 Å². The van der Waals surface area contributed by atoms with Gasteiger partial charge in [0.1, 0.15) is 12.1 Å². The summed E-state index contributed by atoms with van der Waals surface area (Å²) in [6.07, 6.45) is 4.06. The minimum Gasteiger partial charge on any atom is -0.465 e. The fourth-order valence-electron chi connectivity index (χ4n) is 5.94. The largest absolute Gasteiger partial charge is 0.465 e. The van der Waals surface area contributed by atoms with Crippen LogP contribution >= 0.6 is 0 Å². The summed E-state index contributed by atoms with van der Waals surface area (Å²) >= 11 is 0. The predicted molar refractivity (Wildman–Crippen MR) is 149 cm³/mol. The Hall–Kier alpha value is -4.47. The zero-order chi connectivity index (χ0) is 28.1. The first kappa shape index (κ1) is 27.1. The van der Waals surface area contributed by atoms with Crippen LogP contribution in [0.5, 0.6) is 0 Å². The molecule has 208 valence electrons. The van der Waals surface area contributed by atoms with Gasteiger partial charge < -0.3 is 26.4 Å². The van der Waals surface area contributed by atoms with Gasteiger partial charge in [-0.2, -0.15) is 0 Å². The number of benzene rings is 2. The van der Waals surface area contributed by atoms with Gasteiger partial charge in [-0.15, -0.1) is 0 Å². The second-order valence-electron chi connectivity index (χ2n) is 10.5. The average molecular weight is 543 g/mol. The van der Waals surface area contributed by atoms with E-state index >= 15 is 0 Å². The Balaban J connectivity index is 1.32. The van der Waals surface area contributed by atoms with Crippen LogP contribution in [-0.4, -0.2) is 63.1 Å². The van der Waals surface area contributed by atoms with E-state index in [1.165, 1.54) is 0 Å². The number of aromatic nitrogens is 2. The second-order valence-corrected chi connectivity index (χ2v) is 10.5. The standard InChI is InChI=1S/C30H34N6O4/c31-29-33-18-22-16-19(13-14-23(22)34-29)17-32-27(37)24-12-7-15-36(24)28(38)26(35-30(39)40)25(20-8-3-1-4-9-20)21-10-5-2-6-11-21/h1-6,8-11,18-19,24-26,35H,7,12-17H2,(H,32,37)(H,39,40)(H2,31,33,34)/t19?,24-,26+/m0/s1. The molecule has 3 amide bonds. The molecule has 1 saturated heterocycles. The van der Waals surface area contributed by atoms with Crippen molar-refractivity contribution in [1.29, 1.82) is 0 Å². The molecule has 2 aromatic carbocycles. The molecule has 5 rings (SSSR count). The minimum absolute atomic E-state index is 0.213. The first-order valence-electron chi connectivity index (χ1n) is 13.7. The number of nitrogens with one attached hydrogen (secondary N) is 2. The fraction of sp³-hybridized carbons (Fsp3) is 0.367. The Morgan fingerprint density at radius 3 is 2.35 bits per heavy atom. The maximum atomic E-state index is 14.1. The number of likely N-dealkylation sites (tertiary alicyclic amines) is 1. The van der Waals surface area contributed by atoms with E-state index in [-0.39, 0.29) is 17.8 Å². The normalized spacial score (nSPS) is 19.1. The quantitative estimate of drug-likeness (QED) is 0.342. The number of rotatable bonds is 8. The molecule has 1 fully saturated rings. The van der Waals surface area contributed by atoms with Crippen LogP contribution < -0.4 is 16.4 Å². The van der Waals surface area contributed by atoms with Crippen LogP contribution in [0.15, 0.2) is 66.9 Å². The third kappa shape index (κ3) is 6.06. The van der Waals surface area contributed by atoms with Gasteiger partial charge in [0.05, 0.1) is 0 Å². The van der Waals surface area contributed by atoms with Crippen molar-refractivity contribution in [2.45, 2.75) is 50.1 Å². The molecule has 1 unspecified atom stereocenters. The zero-order valence-corrected chi connectivity index (χ0v) is 22.2. The molecular weight excluding hydrogens is 508 g/mol. The topological polar surface area (TPSA) is 151 Å². The molecule has 0 bridgehead atoms. The van der Waals surface area contributed by atoms with Crippen molar-refractivity contribution >= 4 is 23.9 Å². The van der Waals surface area contributed by atoms with Gasteiger partial charge in [-0.25, -0.2) is 14.8 Å². The fourth-order valence-corrected chi connectivity index (χ4v) is 5.94. The molecule has 0 spiro atoms. The van der Waals surface area contributed by atoms with Crippen molar-refractivity contribution in [3.8, 4) is 0 Å². The van der Waals surface area contributed by atoms with E-state index in [0.717, 1.165) is 41.6 Å². The number of hydrogen-bond donors (Lipinski definition) is 4. The maximum Gasteiger partial charge on any atom is 0.405 e. The van der Waals surface area contributed by atoms with Crippen molar-refractivity contribution in [3.63, 3.8) is 0 Å². The number of amides is 3. The number of nitrogens with zero attached hydrogens (tertiary/aromatic N) is 3. The lowest BCUT2D eigenvalue weighted by Gasteiger charge is -2.33. The summed E-state index contributed by atoms with van der Waals surface area (Å²) in [6.45, 7) is 0.870. The highest BCUT2D eigenvalue weighted by Gasteiger charge is 2.41. The van der Waals surface area contributed by atoms with E-state index in [9.17, 15) is 19.5 Å². The summed E-state index contributed by atoms with van der Waals surface area (Å²) in [5.74, 6) is -0.673. The Kier molecular flexibility index (Phi) is 8.23. The van der Waals surface area contributed by atoms with Crippen molar-refractivity contribution in [2.24, 2.45) is 5.92 Å². The van der Waals surface area contributed by atoms with Crippen molar-refractivity contribution < 1.29 is 19.5 Å². The van der Waals surface area contributed by atoms with Gasteiger partial charge in [0.25, 0.3) is 0 Å². The molecule has 40 heavy (non-hydrogen) atoms. The number of carbonyl (C=O) groups excluding carboxylic acids is 2. The van der Waals surface area contributed by atoms with E-state index in [4.69, 9.17) is 5.73 Å². The van der Waals surface area contributed by atoms with Crippen LogP contribution in [0, 0.1) is 5.92 Å². The predicted octanol–water partition coefficient (Wildman–Crippen LogP) is 2.74. The highest BCUT2D eigenvalue weighted by Crippen LogP contribution is 2.31. The third-order valence-electron chi connectivity index (χ3n) is 7.87. The Morgan fingerprint density at radius 1 is 1.02 bits per heavy atom. The lowest BCUT2D eigenvalue weighted by molar-refractivity contribution is -0.140. The first-order chi connectivity index (χ1) is 19.4. The average Bonchev–Trinajstić information content (AvgIpc) is 3.46. The van der Waals surface area contributed by atoms with Crippen molar-refractivity contribution in [1.82, 2.24) is 25.5 Å². The van der Waals surface area contributed by atoms with Gasteiger partial charge in [-0.05, 0) is 54.7 Å². The molecule has 2 heterocycles. The lowest BCUT2D eigenvalue weighted by atomic mass is 9.84. The Bertz CT molecular complexity index is 1310. The third-order valence-corrected chi connectivity index (χ3v) is 7.87. The van der Waals surface area contributed by atoms with Gasteiger partial charge in [-0.1, -0.05) is 60.7 Å². The molecule has 2 aliphatic rings. The molecule has 1 aliphatic heterocycles. The summed E-state index contributed by atoms with van der Waals surface area (Å²) in [6, 6.07) is 17.0. The van der Waals surface area contributed by atoms with E-state index in [0.29, 0.717) is 25.9 Å².